The number of halogens is 3. The fourth-order valence-electron chi connectivity index (χ4n) is 1.80. The molecule has 0 aliphatic rings. The molecule has 2 aromatic carbocycles. The van der Waals surface area contributed by atoms with Crippen LogP contribution in [0.15, 0.2) is 59.5 Å². The van der Waals surface area contributed by atoms with Crippen molar-refractivity contribution in [3.05, 3.63) is 65.7 Å². The maximum atomic E-state index is 12.3. The van der Waals surface area contributed by atoms with E-state index in [9.17, 15) is 4.79 Å². The second-order valence-electron chi connectivity index (χ2n) is 4.70. The van der Waals surface area contributed by atoms with Crippen molar-refractivity contribution in [2.24, 2.45) is 0 Å². The molecule has 2 rings (SSSR count). The van der Waals surface area contributed by atoms with Crippen molar-refractivity contribution in [3.63, 3.8) is 0 Å². The van der Waals surface area contributed by atoms with Gasteiger partial charge in [-0.3, -0.25) is 4.79 Å². The summed E-state index contributed by atoms with van der Waals surface area (Å²) in [6, 6.07) is 16.7. The number of aryl methyl sites for hydroxylation is 1. The van der Waals surface area contributed by atoms with Crippen LogP contribution >= 0.6 is 46.6 Å². The Morgan fingerprint density at radius 1 is 1.09 bits per heavy atom. The third-order valence-electron chi connectivity index (χ3n) is 2.84. The predicted octanol–water partition coefficient (Wildman–Crippen LogP) is 5.21. The molecule has 6 heteroatoms. The molecule has 0 bridgehead atoms. The van der Waals surface area contributed by atoms with Gasteiger partial charge in [0.05, 0.1) is 0 Å². The molecular formula is C16H14Cl3NOS. The van der Waals surface area contributed by atoms with Gasteiger partial charge in [-0.2, -0.15) is 0 Å². The first-order chi connectivity index (χ1) is 10.4. The lowest BCUT2D eigenvalue weighted by atomic mass is 10.1. The van der Waals surface area contributed by atoms with Gasteiger partial charge in [0.25, 0.3) is 5.91 Å². The monoisotopic (exact) mass is 373 g/mol. The average molecular weight is 375 g/mol. The Bertz CT molecular complexity index is 643. The fourth-order valence-corrected chi connectivity index (χ4v) is 3.25. The van der Waals surface area contributed by atoms with E-state index in [0.29, 0.717) is 5.56 Å². The highest BCUT2D eigenvalue weighted by atomic mass is 35.6. The summed E-state index contributed by atoms with van der Waals surface area (Å²) in [6.45, 7) is 1.92. The highest BCUT2D eigenvalue weighted by Gasteiger charge is 2.35. The molecule has 1 N–H and O–H groups in total. The van der Waals surface area contributed by atoms with E-state index >= 15 is 0 Å². The molecule has 2 nitrogen and oxygen atoms in total. The Balaban J connectivity index is 2.15. The van der Waals surface area contributed by atoms with Crippen LogP contribution in [-0.2, 0) is 0 Å². The van der Waals surface area contributed by atoms with Gasteiger partial charge in [-0.15, -0.1) is 0 Å². The van der Waals surface area contributed by atoms with Crippen LogP contribution in [0.2, 0.25) is 0 Å². The first-order valence-corrected chi connectivity index (χ1v) is 8.53. The topological polar surface area (TPSA) is 29.1 Å². The minimum atomic E-state index is -1.63. The lowest BCUT2D eigenvalue weighted by Crippen LogP contribution is -2.41. The van der Waals surface area contributed by atoms with Crippen LogP contribution in [0.5, 0.6) is 0 Å². The smallest absolute Gasteiger partial charge is 0.252 e. The number of rotatable bonds is 4. The number of nitrogens with one attached hydrogen (secondary N) is 1. The van der Waals surface area contributed by atoms with E-state index in [1.54, 1.807) is 12.1 Å². The predicted molar refractivity (Wildman–Crippen MR) is 95.0 cm³/mol. The highest BCUT2D eigenvalue weighted by molar-refractivity contribution is 8.00. The van der Waals surface area contributed by atoms with Gasteiger partial charge in [-0.05, 0) is 31.2 Å². The van der Waals surface area contributed by atoms with E-state index < -0.39 is 9.17 Å². The molecular weight excluding hydrogens is 361 g/mol. The maximum Gasteiger partial charge on any atom is 0.252 e. The van der Waals surface area contributed by atoms with Crippen molar-refractivity contribution in [1.82, 2.24) is 5.32 Å². The van der Waals surface area contributed by atoms with Crippen molar-refractivity contribution < 1.29 is 4.79 Å². The normalized spacial score (nSPS) is 12.7. The van der Waals surface area contributed by atoms with Crippen LogP contribution in [0.4, 0.5) is 0 Å². The third kappa shape index (κ3) is 5.10. The zero-order chi connectivity index (χ0) is 16.2. The fraction of sp³-hybridized carbons (Fsp3) is 0.188. The van der Waals surface area contributed by atoms with E-state index in [2.05, 4.69) is 5.32 Å². The van der Waals surface area contributed by atoms with Gasteiger partial charge in [-0.25, -0.2) is 0 Å². The molecule has 0 aliphatic heterocycles. The van der Waals surface area contributed by atoms with Gasteiger partial charge in [0.15, 0.2) is 0 Å². The maximum absolute atomic E-state index is 12.3. The lowest BCUT2D eigenvalue weighted by Gasteiger charge is -2.25. The van der Waals surface area contributed by atoms with Crippen LogP contribution in [0.25, 0.3) is 0 Å². The van der Waals surface area contributed by atoms with E-state index in [1.165, 1.54) is 11.8 Å². The zero-order valence-electron chi connectivity index (χ0n) is 11.7. The summed E-state index contributed by atoms with van der Waals surface area (Å²) in [6.07, 6.45) is 0. The molecule has 1 atom stereocenters. The van der Waals surface area contributed by atoms with Crippen molar-refractivity contribution in [2.75, 3.05) is 0 Å². The quantitative estimate of drug-likeness (QED) is 0.452. The Morgan fingerprint density at radius 2 is 1.77 bits per heavy atom. The van der Waals surface area contributed by atoms with Crippen LogP contribution in [0, 0.1) is 6.92 Å². The summed E-state index contributed by atoms with van der Waals surface area (Å²) in [5, 5.41) is 2.08. The Kier molecular flexibility index (Phi) is 6.04. The molecule has 0 saturated heterocycles. The molecule has 0 heterocycles. The van der Waals surface area contributed by atoms with E-state index in [-0.39, 0.29) is 5.91 Å². The molecule has 0 radical (unpaired) electrons. The van der Waals surface area contributed by atoms with Crippen LogP contribution in [0.1, 0.15) is 15.9 Å². The Morgan fingerprint density at radius 3 is 2.36 bits per heavy atom. The van der Waals surface area contributed by atoms with Crippen molar-refractivity contribution >= 4 is 52.5 Å². The molecule has 22 heavy (non-hydrogen) atoms. The van der Waals surface area contributed by atoms with E-state index in [0.717, 1.165) is 10.5 Å². The van der Waals surface area contributed by atoms with Crippen LogP contribution < -0.4 is 5.32 Å². The molecule has 0 fully saturated rings. The third-order valence-corrected chi connectivity index (χ3v) is 5.13. The van der Waals surface area contributed by atoms with Gasteiger partial charge in [0.1, 0.15) is 5.37 Å². The van der Waals surface area contributed by atoms with Gasteiger partial charge < -0.3 is 5.32 Å². The zero-order valence-corrected chi connectivity index (χ0v) is 14.8. The standard InChI is InChI=1S/C16H14Cl3NOS/c1-11-6-5-7-12(10-11)14(21)20-15(16(17,18)19)22-13-8-3-2-4-9-13/h2-10,15H,1H3,(H,20,21)/t15-/m0/s1. The van der Waals surface area contributed by atoms with E-state index in [1.807, 2.05) is 49.4 Å². The van der Waals surface area contributed by atoms with Crippen molar-refractivity contribution in [3.8, 4) is 0 Å². The van der Waals surface area contributed by atoms with Crippen LogP contribution in [-0.4, -0.2) is 15.1 Å². The Hall–Kier alpha value is -0.870. The number of hydrogen-bond acceptors (Lipinski definition) is 2. The molecule has 116 valence electrons. The van der Waals surface area contributed by atoms with Crippen molar-refractivity contribution in [2.45, 2.75) is 21.0 Å². The largest absolute Gasteiger partial charge is 0.336 e. The highest BCUT2D eigenvalue weighted by Crippen LogP contribution is 2.39. The summed E-state index contributed by atoms with van der Waals surface area (Å²) in [5.74, 6) is -0.275. The molecule has 0 unspecified atom stereocenters. The molecule has 2 aromatic rings. The van der Waals surface area contributed by atoms with Gasteiger partial charge >= 0.3 is 0 Å². The summed E-state index contributed by atoms with van der Waals surface area (Å²) in [7, 11) is 0. The second-order valence-corrected chi connectivity index (χ2v) is 8.24. The van der Waals surface area contributed by atoms with Crippen LogP contribution in [0.3, 0.4) is 0 Å². The molecule has 0 spiro atoms. The average Bonchev–Trinajstić information content (AvgIpc) is 2.46. The molecule has 1 amide bonds. The minimum absolute atomic E-state index is 0.275. The lowest BCUT2D eigenvalue weighted by molar-refractivity contribution is 0.0950. The summed E-state index contributed by atoms with van der Waals surface area (Å²) in [4.78, 5) is 13.2. The molecule has 0 aromatic heterocycles. The first-order valence-electron chi connectivity index (χ1n) is 6.52. The second kappa shape index (κ2) is 7.60. The van der Waals surface area contributed by atoms with Gasteiger partial charge in [0, 0.05) is 10.5 Å². The SMILES string of the molecule is Cc1cccc(C(=O)N[C@@H](Sc2ccccc2)C(Cl)(Cl)Cl)c1. The van der Waals surface area contributed by atoms with E-state index in [4.69, 9.17) is 34.8 Å². The molecule has 0 saturated carbocycles. The number of hydrogen-bond donors (Lipinski definition) is 1. The number of thioether (sulfide) groups is 1. The number of alkyl halides is 3. The minimum Gasteiger partial charge on any atom is -0.336 e. The number of benzene rings is 2. The van der Waals surface area contributed by atoms with Gasteiger partial charge in [-0.1, -0.05) is 82.5 Å². The molecule has 0 aliphatic carbocycles. The Labute approximate surface area is 149 Å². The number of amides is 1. The number of carbonyl (C=O) groups excluding carboxylic acids is 1. The first kappa shape index (κ1) is 17.5. The van der Waals surface area contributed by atoms with Crippen molar-refractivity contribution in [1.29, 1.82) is 0 Å². The summed E-state index contributed by atoms with van der Waals surface area (Å²) < 4.78 is -1.63. The summed E-state index contributed by atoms with van der Waals surface area (Å²) in [5.41, 5.74) is 1.53. The number of carbonyl (C=O) groups is 1. The summed E-state index contributed by atoms with van der Waals surface area (Å²) >= 11 is 19.3. The van der Waals surface area contributed by atoms with Gasteiger partial charge in [0.2, 0.25) is 3.79 Å².